The van der Waals surface area contributed by atoms with Crippen LogP contribution in [0.4, 0.5) is 0 Å². The van der Waals surface area contributed by atoms with Gasteiger partial charge in [-0.3, -0.25) is 4.90 Å². The number of nitrogens with zero attached hydrogens (tertiary/aromatic N) is 1. The molecule has 18 heavy (non-hydrogen) atoms. The van der Waals surface area contributed by atoms with Gasteiger partial charge in [0.05, 0.1) is 0 Å². The predicted octanol–water partition coefficient (Wildman–Crippen LogP) is 2.03. The van der Waals surface area contributed by atoms with Crippen molar-refractivity contribution in [2.75, 3.05) is 32.7 Å². The molecule has 0 aromatic heterocycles. The Balaban J connectivity index is 2.00. The zero-order valence-corrected chi connectivity index (χ0v) is 11.5. The largest absolute Gasteiger partial charge is 0.330 e. The molecule has 1 fully saturated rings. The Hall–Kier alpha value is -0.610. The van der Waals surface area contributed by atoms with Crippen molar-refractivity contribution in [3.8, 4) is 0 Å². The zero-order valence-electron chi connectivity index (χ0n) is 10.7. The van der Waals surface area contributed by atoms with E-state index >= 15 is 0 Å². The van der Waals surface area contributed by atoms with Gasteiger partial charge in [-0.05, 0) is 43.6 Å². The zero-order chi connectivity index (χ0) is 12.8. The number of unbranched alkanes of at least 4 members (excludes halogenated alkanes) is 1. The van der Waals surface area contributed by atoms with E-state index in [0.717, 1.165) is 44.2 Å². The van der Waals surface area contributed by atoms with Crippen LogP contribution in [-0.2, 0) is 0 Å². The fraction of sp³-hybridized carbons (Fsp3) is 0.571. The molecule has 1 atom stereocenters. The van der Waals surface area contributed by atoms with E-state index in [1.54, 1.807) is 0 Å². The molecule has 1 heterocycles. The third-order valence-electron chi connectivity index (χ3n) is 3.51. The molecule has 0 saturated carbocycles. The molecular formula is C14H22ClN3. The van der Waals surface area contributed by atoms with E-state index in [0.29, 0.717) is 6.04 Å². The third kappa shape index (κ3) is 3.69. The molecule has 3 N–H and O–H groups in total. The molecule has 0 radical (unpaired) electrons. The second kappa shape index (κ2) is 7.10. The number of hydrogen-bond donors (Lipinski definition) is 2. The van der Waals surface area contributed by atoms with E-state index in [4.69, 9.17) is 17.3 Å². The number of benzene rings is 1. The van der Waals surface area contributed by atoms with Crippen LogP contribution < -0.4 is 11.1 Å². The number of halogens is 1. The molecule has 1 aliphatic rings. The summed E-state index contributed by atoms with van der Waals surface area (Å²) in [6, 6.07) is 8.69. The van der Waals surface area contributed by atoms with E-state index in [1.165, 1.54) is 12.0 Å². The smallest absolute Gasteiger partial charge is 0.0473 e. The summed E-state index contributed by atoms with van der Waals surface area (Å²) >= 11 is 5.95. The van der Waals surface area contributed by atoms with Gasteiger partial charge in [0.15, 0.2) is 0 Å². The lowest BCUT2D eigenvalue weighted by Crippen LogP contribution is -2.46. The Kier molecular flexibility index (Phi) is 5.45. The first-order chi connectivity index (χ1) is 8.81. The van der Waals surface area contributed by atoms with Gasteiger partial charge < -0.3 is 11.1 Å². The lowest BCUT2D eigenvalue weighted by atomic mass is 10.0. The van der Waals surface area contributed by atoms with Gasteiger partial charge in [0.2, 0.25) is 0 Å². The van der Waals surface area contributed by atoms with Crippen LogP contribution in [0.5, 0.6) is 0 Å². The molecule has 0 aliphatic carbocycles. The highest BCUT2D eigenvalue weighted by atomic mass is 35.5. The van der Waals surface area contributed by atoms with Crippen LogP contribution in [0.1, 0.15) is 24.4 Å². The molecule has 3 nitrogen and oxygen atoms in total. The molecule has 1 saturated heterocycles. The maximum absolute atomic E-state index is 5.95. The molecule has 100 valence electrons. The topological polar surface area (TPSA) is 41.3 Å². The van der Waals surface area contributed by atoms with Crippen molar-refractivity contribution >= 4 is 11.6 Å². The number of hydrogen-bond acceptors (Lipinski definition) is 3. The highest BCUT2D eigenvalue weighted by Crippen LogP contribution is 2.23. The summed E-state index contributed by atoms with van der Waals surface area (Å²) in [6.45, 7) is 5.12. The van der Waals surface area contributed by atoms with E-state index in [1.807, 2.05) is 12.1 Å². The second-order valence-electron chi connectivity index (χ2n) is 4.80. The predicted molar refractivity (Wildman–Crippen MR) is 76.9 cm³/mol. The van der Waals surface area contributed by atoms with Crippen molar-refractivity contribution in [2.45, 2.75) is 18.9 Å². The average molecular weight is 268 g/mol. The minimum Gasteiger partial charge on any atom is -0.330 e. The minimum absolute atomic E-state index is 0.466. The van der Waals surface area contributed by atoms with Crippen molar-refractivity contribution in [2.24, 2.45) is 5.73 Å². The van der Waals surface area contributed by atoms with Crippen molar-refractivity contribution in [3.63, 3.8) is 0 Å². The van der Waals surface area contributed by atoms with Crippen LogP contribution in [-0.4, -0.2) is 37.6 Å². The van der Waals surface area contributed by atoms with Gasteiger partial charge >= 0.3 is 0 Å². The Morgan fingerprint density at radius 1 is 1.28 bits per heavy atom. The van der Waals surface area contributed by atoms with Crippen LogP contribution in [0.3, 0.4) is 0 Å². The van der Waals surface area contributed by atoms with Crippen molar-refractivity contribution < 1.29 is 0 Å². The fourth-order valence-corrected chi connectivity index (χ4v) is 2.61. The van der Waals surface area contributed by atoms with Gasteiger partial charge in [-0.1, -0.05) is 23.7 Å². The number of piperazine rings is 1. The molecule has 0 spiro atoms. The van der Waals surface area contributed by atoms with Gasteiger partial charge in [0.25, 0.3) is 0 Å². The third-order valence-corrected chi connectivity index (χ3v) is 3.76. The summed E-state index contributed by atoms with van der Waals surface area (Å²) in [5.41, 5.74) is 6.91. The summed E-state index contributed by atoms with van der Waals surface area (Å²) in [4.78, 5) is 2.55. The Morgan fingerprint density at radius 2 is 2.06 bits per heavy atom. The first kappa shape index (κ1) is 13.8. The molecule has 1 unspecified atom stereocenters. The SMILES string of the molecule is NCCCCN1CCNCC1c1ccc(Cl)cc1. The monoisotopic (exact) mass is 267 g/mol. The van der Waals surface area contributed by atoms with E-state index < -0.39 is 0 Å². The number of nitrogens with one attached hydrogen (secondary N) is 1. The summed E-state index contributed by atoms with van der Waals surface area (Å²) in [6.07, 6.45) is 2.29. The van der Waals surface area contributed by atoms with Gasteiger partial charge in [-0.2, -0.15) is 0 Å². The van der Waals surface area contributed by atoms with Gasteiger partial charge in [0, 0.05) is 30.7 Å². The average Bonchev–Trinajstić information content (AvgIpc) is 2.41. The van der Waals surface area contributed by atoms with Crippen LogP contribution in [0, 0.1) is 0 Å². The number of nitrogens with two attached hydrogens (primary N) is 1. The van der Waals surface area contributed by atoms with E-state index in [2.05, 4.69) is 22.3 Å². The maximum atomic E-state index is 5.95. The Labute approximate surface area is 114 Å². The van der Waals surface area contributed by atoms with Gasteiger partial charge in [-0.25, -0.2) is 0 Å². The van der Waals surface area contributed by atoms with E-state index in [9.17, 15) is 0 Å². The lowest BCUT2D eigenvalue weighted by Gasteiger charge is -2.36. The summed E-state index contributed by atoms with van der Waals surface area (Å²) in [5, 5.41) is 4.27. The minimum atomic E-state index is 0.466. The molecule has 0 bridgehead atoms. The molecular weight excluding hydrogens is 246 g/mol. The normalized spacial score (nSPS) is 21.1. The lowest BCUT2D eigenvalue weighted by molar-refractivity contribution is 0.159. The van der Waals surface area contributed by atoms with Crippen LogP contribution >= 0.6 is 11.6 Å². The molecule has 1 aliphatic heterocycles. The molecule has 1 aromatic carbocycles. The Bertz CT molecular complexity index is 353. The van der Waals surface area contributed by atoms with Crippen molar-refractivity contribution in [1.82, 2.24) is 10.2 Å². The first-order valence-corrected chi connectivity index (χ1v) is 7.09. The maximum Gasteiger partial charge on any atom is 0.0473 e. The first-order valence-electron chi connectivity index (χ1n) is 6.71. The molecule has 4 heteroatoms. The van der Waals surface area contributed by atoms with Crippen LogP contribution in [0.25, 0.3) is 0 Å². The van der Waals surface area contributed by atoms with Gasteiger partial charge in [-0.15, -0.1) is 0 Å². The summed E-state index contributed by atoms with van der Waals surface area (Å²) in [5.74, 6) is 0. The van der Waals surface area contributed by atoms with E-state index in [-0.39, 0.29) is 0 Å². The second-order valence-corrected chi connectivity index (χ2v) is 5.24. The summed E-state index contributed by atoms with van der Waals surface area (Å²) < 4.78 is 0. The van der Waals surface area contributed by atoms with Crippen LogP contribution in [0.15, 0.2) is 24.3 Å². The molecule has 1 aromatic rings. The van der Waals surface area contributed by atoms with Crippen molar-refractivity contribution in [3.05, 3.63) is 34.9 Å². The highest BCUT2D eigenvalue weighted by Gasteiger charge is 2.22. The standard InChI is InChI=1S/C14H22ClN3/c15-13-5-3-12(4-6-13)14-11-17-8-10-18(14)9-2-1-7-16/h3-6,14,17H,1-2,7-11,16H2. The Morgan fingerprint density at radius 3 is 2.78 bits per heavy atom. The van der Waals surface area contributed by atoms with Crippen molar-refractivity contribution in [1.29, 1.82) is 0 Å². The highest BCUT2D eigenvalue weighted by molar-refractivity contribution is 6.30. The molecule has 2 rings (SSSR count). The quantitative estimate of drug-likeness (QED) is 0.802. The summed E-state index contributed by atoms with van der Waals surface area (Å²) in [7, 11) is 0. The van der Waals surface area contributed by atoms with Gasteiger partial charge in [0.1, 0.15) is 0 Å². The van der Waals surface area contributed by atoms with Crippen LogP contribution in [0.2, 0.25) is 5.02 Å². The fourth-order valence-electron chi connectivity index (χ4n) is 2.49. The number of rotatable bonds is 5. The molecule has 0 amide bonds.